The molecule has 1 fully saturated rings. The molecule has 0 amide bonds. The van der Waals surface area contributed by atoms with Gasteiger partial charge >= 0.3 is 0 Å². The predicted octanol–water partition coefficient (Wildman–Crippen LogP) is 3.19. The summed E-state index contributed by atoms with van der Waals surface area (Å²) in [6.07, 6.45) is 5.34. The Balaban J connectivity index is 1.90. The third kappa shape index (κ3) is 3.64. The highest BCUT2D eigenvalue weighted by molar-refractivity contribution is 5.48. The van der Waals surface area contributed by atoms with E-state index >= 15 is 0 Å². The summed E-state index contributed by atoms with van der Waals surface area (Å²) in [5.74, 6) is 0.873. The van der Waals surface area contributed by atoms with Crippen molar-refractivity contribution in [2.24, 2.45) is 0 Å². The Morgan fingerprint density at radius 1 is 1.28 bits per heavy atom. The molecule has 100 valence electrons. The van der Waals surface area contributed by atoms with Gasteiger partial charge in [0.2, 0.25) is 0 Å². The molecule has 0 unspecified atom stereocenters. The number of hydrogen-bond acceptors (Lipinski definition) is 3. The molecule has 1 aromatic rings. The lowest BCUT2D eigenvalue weighted by atomic mass is 9.85. The summed E-state index contributed by atoms with van der Waals surface area (Å²) < 4.78 is 5.46. The van der Waals surface area contributed by atoms with Crippen molar-refractivity contribution in [3.63, 3.8) is 0 Å². The van der Waals surface area contributed by atoms with Gasteiger partial charge in [0.15, 0.2) is 0 Å². The van der Waals surface area contributed by atoms with Gasteiger partial charge in [-0.15, -0.1) is 0 Å². The summed E-state index contributed by atoms with van der Waals surface area (Å²) in [5, 5.41) is 13.7. The van der Waals surface area contributed by atoms with Crippen molar-refractivity contribution in [1.29, 1.82) is 0 Å². The van der Waals surface area contributed by atoms with E-state index in [2.05, 4.69) is 5.32 Å². The monoisotopic (exact) mass is 249 g/mol. The van der Waals surface area contributed by atoms with Gasteiger partial charge in [-0.1, -0.05) is 25.3 Å². The molecule has 0 radical (unpaired) electrons. The Bertz CT molecular complexity index is 373. The topological polar surface area (TPSA) is 41.5 Å². The van der Waals surface area contributed by atoms with Crippen molar-refractivity contribution in [3.8, 4) is 5.75 Å². The standard InChI is InChI=1S/C15H23NO2/c1-2-18-14-8-6-7-13(11-14)16-12-15(17)9-4-3-5-10-15/h6-8,11,16-17H,2-5,9-10,12H2,1H3. The van der Waals surface area contributed by atoms with Gasteiger partial charge in [-0.05, 0) is 31.9 Å². The molecule has 1 aliphatic rings. The van der Waals surface area contributed by atoms with Crippen LogP contribution in [-0.2, 0) is 0 Å². The summed E-state index contributed by atoms with van der Waals surface area (Å²) in [5.41, 5.74) is 0.486. The molecule has 0 spiro atoms. The van der Waals surface area contributed by atoms with Gasteiger partial charge in [0.25, 0.3) is 0 Å². The van der Waals surface area contributed by atoms with Crippen LogP contribution in [0.3, 0.4) is 0 Å². The number of aliphatic hydroxyl groups is 1. The fourth-order valence-electron chi connectivity index (χ4n) is 2.52. The van der Waals surface area contributed by atoms with Crippen LogP contribution in [-0.4, -0.2) is 23.9 Å². The smallest absolute Gasteiger partial charge is 0.121 e. The quantitative estimate of drug-likeness (QED) is 0.842. The predicted molar refractivity (Wildman–Crippen MR) is 74.1 cm³/mol. The molecule has 2 N–H and O–H groups in total. The first kappa shape index (κ1) is 13.2. The van der Waals surface area contributed by atoms with Crippen LogP contribution in [0.25, 0.3) is 0 Å². The van der Waals surface area contributed by atoms with E-state index in [0.29, 0.717) is 13.2 Å². The summed E-state index contributed by atoms with van der Waals surface area (Å²) in [6, 6.07) is 7.91. The number of nitrogens with one attached hydrogen (secondary N) is 1. The Hall–Kier alpha value is -1.22. The van der Waals surface area contributed by atoms with Gasteiger partial charge in [-0.3, -0.25) is 0 Å². The second-order valence-corrected chi connectivity index (χ2v) is 5.10. The molecule has 0 saturated heterocycles. The first-order valence-electron chi connectivity index (χ1n) is 6.91. The number of hydrogen-bond donors (Lipinski definition) is 2. The highest BCUT2D eigenvalue weighted by atomic mass is 16.5. The van der Waals surface area contributed by atoms with E-state index < -0.39 is 5.60 Å². The van der Waals surface area contributed by atoms with E-state index in [1.807, 2.05) is 31.2 Å². The van der Waals surface area contributed by atoms with Gasteiger partial charge in [0.05, 0.1) is 12.2 Å². The molecule has 0 atom stereocenters. The average Bonchev–Trinajstić information content (AvgIpc) is 2.38. The van der Waals surface area contributed by atoms with Crippen LogP contribution in [0, 0.1) is 0 Å². The Morgan fingerprint density at radius 3 is 2.78 bits per heavy atom. The molecule has 0 heterocycles. The molecule has 1 aliphatic carbocycles. The third-order valence-corrected chi connectivity index (χ3v) is 3.55. The molecule has 0 aliphatic heterocycles. The highest BCUT2D eigenvalue weighted by Crippen LogP contribution is 2.28. The fourth-order valence-corrected chi connectivity index (χ4v) is 2.52. The Labute approximate surface area is 109 Å². The van der Waals surface area contributed by atoms with Crippen molar-refractivity contribution >= 4 is 5.69 Å². The molecule has 18 heavy (non-hydrogen) atoms. The minimum atomic E-state index is -0.528. The zero-order chi connectivity index (χ0) is 12.8. The summed E-state index contributed by atoms with van der Waals surface area (Å²) in [6.45, 7) is 3.28. The van der Waals surface area contributed by atoms with Crippen molar-refractivity contribution in [1.82, 2.24) is 0 Å². The zero-order valence-corrected chi connectivity index (χ0v) is 11.1. The maximum absolute atomic E-state index is 10.4. The number of anilines is 1. The summed E-state index contributed by atoms with van der Waals surface area (Å²) in [7, 11) is 0. The first-order chi connectivity index (χ1) is 8.72. The lowest BCUT2D eigenvalue weighted by Gasteiger charge is -2.32. The summed E-state index contributed by atoms with van der Waals surface area (Å²) in [4.78, 5) is 0. The molecule has 0 bridgehead atoms. The van der Waals surface area contributed by atoms with E-state index in [0.717, 1.165) is 37.1 Å². The Morgan fingerprint density at radius 2 is 2.06 bits per heavy atom. The van der Waals surface area contributed by atoms with Gasteiger partial charge in [-0.2, -0.15) is 0 Å². The first-order valence-corrected chi connectivity index (χ1v) is 6.91. The van der Waals surface area contributed by atoms with E-state index in [1.165, 1.54) is 6.42 Å². The van der Waals surface area contributed by atoms with E-state index in [-0.39, 0.29) is 0 Å². The van der Waals surface area contributed by atoms with Gasteiger partial charge < -0.3 is 15.2 Å². The largest absolute Gasteiger partial charge is 0.494 e. The fraction of sp³-hybridized carbons (Fsp3) is 0.600. The van der Waals surface area contributed by atoms with Crippen LogP contribution >= 0.6 is 0 Å². The number of rotatable bonds is 5. The molecule has 0 aromatic heterocycles. The van der Waals surface area contributed by atoms with Crippen LogP contribution in [0.15, 0.2) is 24.3 Å². The maximum Gasteiger partial charge on any atom is 0.121 e. The van der Waals surface area contributed by atoms with Crippen LogP contribution in [0.2, 0.25) is 0 Å². The van der Waals surface area contributed by atoms with Crippen LogP contribution in [0.1, 0.15) is 39.0 Å². The van der Waals surface area contributed by atoms with Crippen molar-refractivity contribution in [3.05, 3.63) is 24.3 Å². The SMILES string of the molecule is CCOc1cccc(NCC2(O)CCCCC2)c1. The lowest BCUT2D eigenvalue weighted by Crippen LogP contribution is -2.38. The molecular weight excluding hydrogens is 226 g/mol. The van der Waals surface area contributed by atoms with E-state index in [1.54, 1.807) is 0 Å². The molecule has 3 heteroatoms. The van der Waals surface area contributed by atoms with Crippen LogP contribution in [0.5, 0.6) is 5.75 Å². The third-order valence-electron chi connectivity index (χ3n) is 3.55. The number of ether oxygens (including phenoxy) is 1. The normalized spacial score (nSPS) is 18.3. The van der Waals surface area contributed by atoms with Gasteiger partial charge in [0.1, 0.15) is 5.75 Å². The van der Waals surface area contributed by atoms with Crippen molar-refractivity contribution in [2.75, 3.05) is 18.5 Å². The van der Waals surface area contributed by atoms with Crippen molar-refractivity contribution in [2.45, 2.75) is 44.6 Å². The molecule has 1 saturated carbocycles. The second kappa shape index (κ2) is 6.10. The highest BCUT2D eigenvalue weighted by Gasteiger charge is 2.28. The van der Waals surface area contributed by atoms with Gasteiger partial charge in [-0.25, -0.2) is 0 Å². The van der Waals surface area contributed by atoms with E-state index in [4.69, 9.17) is 4.74 Å². The molecule has 1 aromatic carbocycles. The minimum Gasteiger partial charge on any atom is -0.494 e. The van der Waals surface area contributed by atoms with E-state index in [9.17, 15) is 5.11 Å². The van der Waals surface area contributed by atoms with Crippen LogP contribution < -0.4 is 10.1 Å². The van der Waals surface area contributed by atoms with Gasteiger partial charge in [0, 0.05) is 18.3 Å². The zero-order valence-electron chi connectivity index (χ0n) is 11.1. The second-order valence-electron chi connectivity index (χ2n) is 5.10. The Kier molecular flexibility index (Phi) is 4.48. The summed E-state index contributed by atoms with van der Waals surface area (Å²) >= 11 is 0. The lowest BCUT2D eigenvalue weighted by molar-refractivity contribution is 0.0167. The van der Waals surface area contributed by atoms with Crippen LogP contribution in [0.4, 0.5) is 5.69 Å². The molecular formula is C15H23NO2. The maximum atomic E-state index is 10.4. The molecule has 3 nitrogen and oxygen atoms in total. The molecule has 2 rings (SSSR count). The minimum absolute atomic E-state index is 0.528. The number of benzene rings is 1. The van der Waals surface area contributed by atoms with Crippen molar-refractivity contribution < 1.29 is 9.84 Å². The average molecular weight is 249 g/mol.